The summed E-state index contributed by atoms with van der Waals surface area (Å²) in [4.78, 5) is 27.8. The maximum Gasteiger partial charge on any atom is 0.310 e. The first kappa shape index (κ1) is 20.0. The third kappa shape index (κ3) is 2.87. The zero-order valence-electron chi connectivity index (χ0n) is 18.1. The average molecular weight is 432 g/mol. The van der Waals surface area contributed by atoms with Crippen LogP contribution in [0.15, 0.2) is 60.7 Å². The lowest BCUT2D eigenvalue weighted by atomic mass is 9.71. The Hall–Kier alpha value is -2.66. The number of aliphatic hydroxyl groups is 1. The fourth-order valence-electron chi connectivity index (χ4n) is 7.09. The molecule has 4 fully saturated rings. The highest BCUT2D eigenvalue weighted by Gasteiger charge is 2.64. The number of fused-ring (bicyclic) bond motifs is 1. The van der Waals surface area contributed by atoms with Gasteiger partial charge in [-0.25, -0.2) is 0 Å². The van der Waals surface area contributed by atoms with Gasteiger partial charge in [-0.15, -0.1) is 0 Å². The molecule has 32 heavy (non-hydrogen) atoms. The van der Waals surface area contributed by atoms with Gasteiger partial charge in [0.25, 0.3) is 0 Å². The van der Waals surface area contributed by atoms with Crippen molar-refractivity contribution in [3.05, 3.63) is 71.8 Å². The van der Waals surface area contributed by atoms with Crippen molar-refractivity contribution in [1.29, 1.82) is 0 Å². The first-order chi connectivity index (χ1) is 15.6. The van der Waals surface area contributed by atoms with E-state index in [1.165, 1.54) is 0 Å². The van der Waals surface area contributed by atoms with Gasteiger partial charge >= 0.3 is 5.97 Å². The Balaban J connectivity index is 1.22. The van der Waals surface area contributed by atoms with E-state index in [-0.39, 0.29) is 47.6 Å². The third-order valence-corrected chi connectivity index (χ3v) is 8.59. The van der Waals surface area contributed by atoms with Crippen LogP contribution in [0.25, 0.3) is 0 Å². The monoisotopic (exact) mass is 431 g/mol. The number of hydrogen-bond donors (Lipinski definition) is 1. The molecule has 5 nitrogen and oxygen atoms in total. The van der Waals surface area contributed by atoms with Gasteiger partial charge in [0.1, 0.15) is 11.7 Å². The number of nitrogens with zero attached hydrogens (tertiary/aromatic N) is 1. The molecule has 0 unspecified atom stereocenters. The summed E-state index contributed by atoms with van der Waals surface area (Å²) < 4.78 is 5.52. The Labute approximate surface area is 188 Å². The first-order valence-electron chi connectivity index (χ1n) is 11.9. The topological polar surface area (TPSA) is 66.8 Å². The molecule has 2 aromatic carbocycles. The molecule has 0 aromatic heterocycles. The molecule has 5 heteroatoms. The summed E-state index contributed by atoms with van der Waals surface area (Å²) in [5.41, 5.74) is 0.694. The molecule has 2 aromatic rings. The second-order valence-corrected chi connectivity index (χ2v) is 10.0. The van der Waals surface area contributed by atoms with Crippen molar-refractivity contribution in [3.8, 4) is 0 Å². The number of carbonyl (C=O) groups excluding carboxylic acids is 2. The molecule has 2 aliphatic carbocycles. The predicted molar refractivity (Wildman–Crippen MR) is 118 cm³/mol. The molecule has 2 saturated heterocycles. The summed E-state index contributed by atoms with van der Waals surface area (Å²) in [6, 6.07) is 19.7. The minimum atomic E-state index is -1.09. The largest absolute Gasteiger partial charge is 0.462 e. The van der Waals surface area contributed by atoms with E-state index < -0.39 is 5.60 Å². The summed E-state index contributed by atoms with van der Waals surface area (Å²) in [6.45, 7) is 1.23. The standard InChI is InChI=1S/C27H29NO4/c29-25(23-17-15-21-22(16-17)32-26(30)24(21)23)28-13-11-20(12-14-28)27(31,18-7-3-1-4-8-18)19-9-5-2-6-10-19/h1-10,17,20-24,31H,11-16H2/t17-,21+,22-,23+,24-/m1/s1. The molecule has 0 radical (unpaired) electrons. The number of piperidine rings is 1. The van der Waals surface area contributed by atoms with E-state index in [0.717, 1.165) is 36.8 Å². The first-order valence-corrected chi connectivity index (χ1v) is 11.9. The predicted octanol–water partition coefficient (Wildman–Crippen LogP) is 3.36. The molecule has 4 aliphatic rings. The number of esters is 1. The molecular weight excluding hydrogens is 402 g/mol. The number of carbonyl (C=O) groups is 2. The summed E-state index contributed by atoms with van der Waals surface area (Å²) >= 11 is 0. The van der Waals surface area contributed by atoms with Crippen molar-refractivity contribution < 1.29 is 19.4 Å². The Morgan fingerprint density at radius 1 is 0.938 bits per heavy atom. The van der Waals surface area contributed by atoms with Crippen LogP contribution in [0, 0.1) is 29.6 Å². The molecule has 2 heterocycles. The van der Waals surface area contributed by atoms with Gasteiger partial charge in [0.2, 0.25) is 5.91 Å². The van der Waals surface area contributed by atoms with Crippen LogP contribution in [0.3, 0.4) is 0 Å². The fourth-order valence-corrected chi connectivity index (χ4v) is 7.09. The number of benzene rings is 2. The second kappa shape index (κ2) is 7.45. The van der Waals surface area contributed by atoms with Crippen LogP contribution in [0.5, 0.6) is 0 Å². The van der Waals surface area contributed by atoms with Crippen molar-refractivity contribution in [3.63, 3.8) is 0 Å². The molecule has 5 atom stereocenters. The van der Waals surface area contributed by atoms with Gasteiger partial charge < -0.3 is 14.7 Å². The van der Waals surface area contributed by atoms with Crippen LogP contribution < -0.4 is 0 Å². The number of rotatable bonds is 4. The van der Waals surface area contributed by atoms with Crippen LogP contribution in [-0.2, 0) is 19.9 Å². The van der Waals surface area contributed by atoms with Crippen molar-refractivity contribution in [2.24, 2.45) is 29.6 Å². The van der Waals surface area contributed by atoms with Crippen molar-refractivity contribution in [1.82, 2.24) is 4.90 Å². The smallest absolute Gasteiger partial charge is 0.310 e. The molecule has 2 saturated carbocycles. The minimum Gasteiger partial charge on any atom is -0.462 e. The van der Waals surface area contributed by atoms with Crippen molar-refractivity contribution in [2.45, 2.75) is 37.4 Å². The fraction of sp³-hybridized carbons (Fsp3) is 0.481. The third-order valence-electron chi connectivity index (χ3n) is 8.59. The van der Waals surface area contributed by atoms with Gasteiger partial charge in [-0.2, -0.15) is 0 Å². The minimum absolute atomic E-state index is 0.0113. The van der Waals surface area contributed by atoms with Crippen molar-refractivity contribution in [2.75, 3.05) is 13.1 Å². The zero-order chi connectivity index (χ0) is 21.9. The van der Waals surface area contributed by atoms with Gasteiger partial charge in [-0.3, -0.25) is 9.59 Å². The van der Waals surface area contributed by atoms with E-state index in [4.69, 9.17) is 4.74 Å². The summed E-state index contributed by atoms with van der Waals surface area (Å²) in [7, 11) is 0. The van der Waals surface area contributed by atoms with E-state index >= 15 is 0 Å². The Morgan fingerprint density at radius 3 is 2.12 bits per heavy atom. The van der Waals surface area contributed by atoms with Gasteiger partial charge in [0.05, 0.1) is 11.8 Å². The second-order valence-electron chi connectivity index (χ2n) is 10.0. The molecule has 1 amide bonds. The van der Waals surface area contributed by atoms with E-state index in [2.05, 4.69) is 0 Å². The number of amides is 1. The van der Waals surface area contributed by atoms with E-state index in [1.54, 1.807) is 0 Å². The summed E-state index contributed by atoms with van der Waals surface area (Å²) in [5.74, 6) is 0.0890. The van der Waals surface area contributed by atoms with Crippen LogP contribution in [0.2, 0.25) is 0 Å². The molecule has 2 aliphatic heterocycles. The Morgan fingerprint density at radius 2 is 1.53 bits per heavy atom. The highest BCUT2D eigenvalue weighted by Crippen LogP contribution is 2.58. The summed E-state index contributed by atoms with van der Waals surface area (Å²) in [5, 5.41) is 12.1. The quantitative estimate of drug-likeness (QED) is 0.754. The van der Waals surface area contributed by atoms with E-state index in [1.807, 2.05) is 65.6 Å². The number of ether oxygens (including phenoxy) is 1. The van der Waals surface area contributed by atoms with Crippen LogP contribution in [0.4, 0.5) is 0 Å². The molecular formula is C27H29NO4. The highest BCUT2D eigenvalue weighted by atomic mass is 16.6. The molecule has 6 rings (SSSR count). The zero-order valence-corrected chi connectivity index (χ0v) is 18.1. The maximum atomic E-state index is 13.5. The van der Waals surface area contributed by atoms with Gasteiger partial charge in [0.15, 0.2) is 0 Å². The van der Waals surface area contributed by atoms with Crippen LogP contribution in [-0.4, -0.2) is 41.1 Å². The Bertz CT molecular complexity index is 973. The lowest BCUT2D eigenvalue weighted by molar-refractivity contribution is -0.149. The highest BCUT2D eigenvalue weighted by molar-refractivity contribution is 5.88. The van der Waals surface area contributed by atoms with Gasteiger partial charge in [-0.1, -0.05) is 60.7 Å². The van der Waals surface area contributed by atoms with Crippen LogP contribution >= 0.6 is 0 Å². The van der Waals surface area contributed by atoms with E-state index in [9.17, 15) is 14.7 Å². The molecule has 1 N–H and O–H groups in total. The van der Waals surface area contributed by atoms with E-state index in [0.29, 0.717) is 13.1 Å². The van der Waals surface area contributed by atoms with Crippen molar-refractivity contribution >= 4 is 11.9 Å². The SMILES string of the molecule is O=C1O[C@@H]2C[C@H]3C[C@@H]2[C@@H]1[C@H]3C(=O)N1CCC(C(O)(c2ccccc2)c2ccccc2)CC1. The molecule has 2 bridgehead atoms. The average Bonchev–Trinajstić information content (AvgIpc) is 3.48. The number of likely N-dealkylation sites (tertiary alicyclic amines) is 1. The molecule has 0 spiro atoms. The summed E-state index contributed by atoms with van der Waals surface area (Å²) in [6.07, 6.45) is 3.31. The maximum absolute atomic E-state index is 13.5. The lowest BCUT2D eigenvalue weighted by Gasteiger charge is -2.43. The normalized spacial score (nSPS) is 31.7. The number of hydrogen-bond acceptors (Lipinski definition) is 4. The van der Waals surface area contributed by atoms with Gasteiger partial charge in [-0.05, 0) is 48.6 Å². The Kier molecular flexibility index (Phi) is 4.65. The van der Waals surface area contributed by atoms with Gasteiger partial charge in [0, 0.05) is 19.0 Å². The molecule has 166 valence electrons. The van der Waals surface area contributed by atoms with Crippen LogP contribution in [0.1, 0.15) is 36.8 Å². The lowest BCUT2D eigenvalue weighted by Crippen LogP contribution is -2.49.